The Morgan fingerprint density at radius 3 is 2.59 bits per heavy atom. The number of likely N-dealkylation sites (N-methyl/N-ethyl adjacent to an activating group) is 1. The summed E-state index contributed by atoms with van der Waals surface area (Å²) in [6.07, 6.45) is 0.278. The van der Waals surface area contributed by atoms with Gasteiger partial charge >= 0.3 is 6.18 Å². The third kappa shape index (κ3) is 8.32. The van der Waals surface area contributed by atoms with E-state index in [-0.39, 0.29) is 39.2 Å². The molecule has 4 rings (SSSR count). The Morgan fingerprint density at radius 2 is 1.89 bits per heavy atom. The fourth-order valence-corrected chi connectivity index (χ4v) is 6.51. The van der Waals surface area contributed by atoms with E-state index in [0.29, 0.717) is 25.8 Å². The summed E-state index contributed by atoms with van der Waals surface area (Å²) in [6, 6.07) is 10.8. The number of pyridine rings is 1. The van der Waals surface area contributed by atoms with Crippen molar-refractivity contribution in [3.63, 3.8) is 0 Å². The number of nitrogens with two attached hydrogens (primary N) is 3. The monoisotopic (exact) mass is 675 g/mol. The lowest BCUT2D eigenvalue weighted by Crippen LogP contribution is -2.55. The molecule has 0 aliphatic heterocycles. The molecule has 4 aromatic rings. The van der Waals surface area contributed by atoms with Gasteiger partial charge < -0.3 is 32.4 Å². The Kier molecular flexibility index (Phi) is 12.0. The molecule has 46 heavy (non-hydrogen) atoms. The summed E-state index contributed by atoms with van der Waals surface area (Å²) in [7, 11) is 0. The maximum absolute atomic E-state index is 14.3. The number of nitrogens with one attached hydrogen (secondary N) is 2. The van der Waals surface area contributed by atoms with Crippen LogP contribution in [0.1, 0.15) is 42.9 Å². The highest BCUT2D eigenvalue weighted by molar-refractivity contribution is 7.99. The minimum Gasteiger partial charge on any atom is -0.397 e. The van der Waals surface area contributed by atoms with Gasteiger partial charge in [0.2, 0.25) is 11.8 Å². The molecule has 0 saturated carbocycles. The van der Waals surface area contributed by atoms with Gasteiger partial charge in [-0.25, -0.2) is 4.98 Å². The first kappa shape index (κ1) is 35.1. The van der Waals surface area contributed by atoms with E-state index in [2.05, 4.69) is 15.3 Å². The van der Waals surface area contributed by atoms with Gasteiger partial charge in [0.05, 0.1) is 22.3 Å². The van der Waals surface area contributed by atoms with Crippen LogP contribution in [0.5, 0.6) is 0 Å². The fraction of sp³-hybridized carbons (Fsp3) is 0.344. The van der Waals surface area contributed by atoms with Crippen molar-refractivity contribution in [3.05, 3.63) is 82.6 Å². The van der Waals surface area contributed by atoms with Crippen LogP contribution in [-0.2, 0) is 28.7 Å². The van der Waals surface area contributed by atoms with E-state index in [1.165, 1.54) is 11.1 Å². The number of rotatable bonds is 14. The van der Waals surface area contributed by atoms with Gasteiger partial charge in [0.1, 0.15) is 11.1 Å². The maximum Gasteiger partial charge on any atom is 0.416 e. The number of hydrogen-bond acceptors (Lipinski definition) is 7. The number of carbonyl (C=O) groups excluding carboxylic acids is 2. The molecule has 9 nitrogen and oxygen atoms in total. The number of unbranched alkanes of at least 4 members (excludes halogenated alkanes) is 1. The highest BCUT2D eigenvalue weighted by Crippen LogP contribution is 2.43. The number of carbonyl (C=O) groups is 2. The average Bonchev–Trinajstić information content (AvgIpc) is 3.44. The number of amides is 2. The predicted octanol–water partition coefficient (Wildman–Crippen LogP) is 5.50. The van der Waals surface area contributed by atoms with Crippen LogP contribution in [0.25, 0.3) is 10.9 Å². The molecule has 2 heterocycles. The van der Waals surface area contributed by atoms with Crippen LogP contribution in [0.15, 0.2) is 70.8 Å². The van der Waals surface area contributed by atoms with Crippen molar-refractivity contribution in [1.82, 2.24) is 20.2 Å². The number of aromatic amines is 1. The van der Waals surface area contributed by atoms with Crippen molar-refractivity contribution in [3.8, 4) is 0 Å². The summed E-state index contributed by atoms with van der Waals surface area (Å²) in [5.41, 5.74) is 18.5. The van der Waals surface area contributed by atoms with Crippen molar-refractivity contribution in [1.29, 1.82) is 0 Å². The van der Waals surface area contributed by atoms with Crippen LogP contribution in [0.3, 0.4) is 0 Å². The van der Waals surface area contributed by atoms with Gasteiger partial charge in [-0.2, -0.15) is 13.2 Å². The van der Waals surface area contributed by atoms with Gasteiger partial charge in [-0.1, -0.05) is 48.0 Å². The maximum atomic E-state index is 14.3. The first-order valence-corrected chi connectivity index (χ1v) is 16.0. The number of hydrogen-bond donors (Lipinski definition) is 5. The Balaban J connectivity index is 1.69. The quantitative estimate of drug-likeness (QED) is 0.111. The predicted molar refractivity (Wildman–Crippen MR) is 175 cm³/mol. The highest BCUT2D eigenvalue weighted by Gasteiger charge is 2.37. The van der Waals surface area contributed by atoms with Gasteiger partial charge in [-0.15, -0.1) is 0 Å². The summed E-state index contributed by atoms with van der Waals surface area (Å²) in [4.78, 5) is 36.4. The number of H-pyrrole nitrogens is 1. The molecule has 0 saturated heterocycles. The van der Waals surface area contributed by atoms with Crippen LogP contribution in [-0.4, -0.2) is 51.9 Å². The number of fused-ring (bicyclic) bond motifs is 1. The summed E-state index contributed by atoms with van der Waals surface area (Å²) in [5.74, 6) is -1.07. The molecule has 2 atom stereocenters. The van der Waals surface area contributed by atoms with Gasteiger partial charge in [-0.3, -0.25) is 9.59 Å². The summed E-state index contributed by atoms with van der Waals surface area (Å²) in [5, 5.41) is 3.84. The molecular weight excluding hydrogens is 639 g/mol. The number of anilines is 1. The van der Waals surface area contributed by atoms with Crippen molar-refractivity contribution < 1.29 is 22.8 Å². The smallest absolute Gasteiger partial charge is 0.397 e. The molecule has 2 amide bonds. The topological polar surface area (TPSA) is 156 Å². The lowest BCUT2D eigenvalue weighted by molar-refractivity contribution is -0.141. The first-order chi connectivity index (χ1) is 22.0. The fourth-order valence-electron chi connectivity index (χ4n) is 5.26. The molecule has 0 aliphatic rings. The van der Waals surface area contributed by atoms with Crippen LogP contribution >= 0.6 is 23.4 Å². The van der Waals surface area contributed by atoms with Crippen molar-refractivity contribution >= 4 is 51.8 Å². The van der Waals surface area contributed by atoms with Crippen LogP contribution < -0.4 is 22.5 Å². The lowest BCUT2D eigenvalue weighted by Gasteiger charge is -2.32. The summed E-state index contributed by atoms with van der Waals surface area (Å²) in [6.45, 7) is 1.81. The standard InChI is InChI=1S/C32H37ClF3N7O2S/c1-2-43(31(45)25(39)9-5-6-14-37)27(16-19-17-41-26-11-4-3-8-20(19)26)29(44)42-18-21-22(32(34,35)36)12-13-23(33)28(21)46-30-24(38)10-7-15-40-30/h3-4,7-8,10-13,15,17,25,27,41H,2,5-6,9,14,16,18,37-39H2,1H3,(H,42,44)/t25-,27-/m0/s1. The third-order valence-electron chi connectivity index (χ3n) is 7.63. The molecular formula is C32H37ClF3N7O2S. The van der Waals surface area contributed by atoms with E-state index in [1.807, 2.05) is 24.3 Å². The normalized spacial score (nSPS) is 13.0. The zero-order valence-corrected chi connectivity index (χ0v) is 26.8. The van der Waals surface area contributed by atoms with Gasteiger partial charge in [0.15, 0.2) is 0 Å². The van der Waals surface area contributed by atoms with E-state index >= 15 is 0 Å². The number of halogens is 4. The number of aromatic nitrogens is 2. The molecule has 246 valence electrons. The molecule has 0 aliphatic carbocycles. The molecule has 0 spiro atoms. The van der Waals surface area contributed by atoms with E-state index in [1.54, 1.807) is 25.3 Å². The number of benzene rings is 2. The number of nitrogen functional groups attached to an aromatic ring is 1. The molecule has 14 heteroatoms. The minimum absolute atomic E-state index is 0.0384. The van der Waals surface area contributed by atoms with E-state index in [9.17, 15) is 22.8 Å². The zero-order valence-electron chi connectivity index (χ0n) is 25.2. The number of alkyl halides is 3. The molecule has 8 N–H and O–H groups in total. The Bertz CT molecular complexity index is 1670. The molecule has 0 bridgehead atoms. The SMILES string of the molecule is CCN(C(=O)[C@@H](N)CCCCN)[C@@H](Cc1c[nH]c2ccccc12)C(=O)NCc1c(C(F)(F)F)ccc(Cl)c1Sc1ncccc1N. The van der Waals surface area contributed by atoms with Gasteiger partial charge in [0.25, 0.3) is 0 Å². The van der Waals surface area contributed by atoms with Gasteiger partial charge in [-0.05, 0) is 67.8 Å². The van der Waals surface area contributed by atoms with Crippen molar-refractivity contribution in [2.75, 3.05) is 18.8 Å². The van der Waals surface area contributed by atoms with Crippen molar-refractivity contribution in [2.24, 2.45) is 11.5 Å². The van der Waals surface area contributed by atoms with E-state index in [0.717, 1.165) is 40.4 Å². The van der Waals surface area contributed by atoms with Crippen molar-refractivity contribution in [2.45, 2.75) is 67.3 Å². The molecule has 0 unspecified atom stereocenters. The Morgan fingerprint density at radius 1 is 1.13 bits per heavy atom. The largest absolute Gasteiger partial charge is 0.416 e. The Hall–Kier alpha value is -3.78. The molecule has 2 aromatic carbocycles. The number of nitrogens with zero attached hydrogens (tertiary/aromatic N) is 2. The molecule has 2 aromatic heterocycles. The Labute approximate surface area is 274 Å². The first-order valence-electron chi connectivity index (χ1n) is 14.8. The minimum atomic E-state index is -4.75. The second-order valence-electron chi connectivity index (χ2n) is 10.7. The second kappa shape index (κ2) is 15.7. The molecule has 0 radical (unpaired) electrons. The summed E-state index contributed by atoms with van der Waals surface area (Å²) < 4.78 is 42.8. The van der Waals surface area contributed by atoms with Crippen LogP contribution in [0, 0.1) is 0 Å². The van der Waals surface area contributed by atoms with E-state index in [4.69, 9.17) is 28.8 Å². The van der Waals surface area contributed by atoms with Gasteiger partial charge in [0, 0.05) is 47.7 Å². The zero-order chi connectivity index (χ0) is 33.4. The van der Waals surface area contributed by atoms with Crippen LogP contribution in [0.2, 0.25) is 5.02 Å². The number of para-hydroxylation sites is 1. The average molecular weight is 676 g/mol. The van der Waals surface area contributed by atoms with E-state index < -0.39 is 42.2 Å². The third-order valence-corrected chi connectivity index (χ3v) is 9.27. The van der Waals surface area contributed by atoms with Crippen LogP contribution in [0.4, 0.5) is 18.9 Å². The second-order valence-corrected chi connectivity index (χ2v) is 12.1. The lowest BCUT2D eigenvalue weighted by atomic mass is 10.0. The molecule has 0 fully saturated rings. The highest BCUT2D eigenvalue weighted by atomic mass is 35.5. The summed E-state index contributed by atoms with van der Waals surface area (Å²) >= 11 is 7.31.